The van der Waals surface area contributed by atoms with Gasteiger partial charge in [0, 0.05) is 29.6 Å². The molecular weight excluding hydrogens is 274 g/mol. The molecule has 0 aromatic carbocycles. The molecule has 2 atom stereocenters. The van der Waals surface area contributed by atoms with Crippen molar-refractivity contribution in [2.45, 2.75) is 44.3 Å². The number of thiophene rings is 1. The van der Waals surface area contributed by atoms with Gasteiger partial charge >= 0.3 is 5.00 Å². The van der Waals surface area contributed by atoms with Crippen molar-refractivity contribution in [1.82, 2.24) is 10.2 Å². The second-order valence-corrected chi connectivity index (χ2v) is 7.16. The van der Waals surface area contributed by atoms with Gasteiger partial charge in [-0.05, 0) is 51.3 Å². The fourth-order valence-corrected chi connectivity index (χ4v) is 4.44. The van der Waals surface area contributed by atoms with E-state index in [0.717, 1.165) is 36.0 Å². The minimum atomic E-state index is -0.317. The molecular formula is C14H21N3O2S. The Morgan fingerprint density at radius 2 is 2.10 bits per heavy atom. The molecule has 6 heteroatoms. The zero-order valence-corrected chi connectivity index (χ0v) is 12.6. The van der Waals surface area contributed by atoms with Gasteiger partial charge in [0.05, 0.1) is 4.92 Å². The van der Waals surface area contributed by atoms with Gasteiger partial charge in [0.25, 0.3) is 0 Å². The summed E-state index contributed by atoms with van der Waals surface area (Å²) in [5.74, 6) is 0.763. The molecule has 2 aliphatic heterocycles. The van der Waals surface area contributed by atoms with Crippen LogP contribution in [0.25, 0.3) is 0 Å². The fraction of sp³-hybridized carbons (Fsp3) is 0.714. The first kappa shape index (κ1) is 14.0. The van der Waals surface area contributed by atoms with E-state index >= 15 is 0 Å². The highest BCUT2D eigenvalue weighted by Gasteiger charge is 2.37. The first-order valence-electron chi connectivity index (χ1n) is 7.29. The van der Waals surface area contributed by atoms with Gasteiger partial charge in [-0.25, -0.2) is 0 Å². The van der Waals surface area contributed by atoms with Crippen molar-refractivity contribution in [3.63, 3.8) is 0 Å². The Morgan fingerprint density at radius 1 is 1.40 bits per heavy atom. The van der Waals surface area contributed by atoms with Gasteiger partial charge in [0.15, 0.2) is 0 Å². The monoisotopic (exact) mass is 295 g/mol. The molecule has 3 heterocycles. The summed E-state index contributed by atoms with van der Waals surface area (Å²) in [4.78, 5) is 13.9. The average molecular weight is 295 g/mol. The number of nitro groups is 1. The van der Waals surface area contributed by atoms with Crippen LogP contribution in [0.2, 0.25) is 0 Å². The Labute approximate surface area is 123 Å². The minimum absolute atomic E-state index is 0.235. The standard InChI is InChI=1S/C14H21N3O2S/c1-16-11-2-3-12(16)7-10(6-11)8-15-9-13-4-5-14(20-13)17(18)19/h4-5,10-12,15H,2-3,6-9H2,1H3. The maximum Gasteiger partial charge on any atom is 0.324 e. The molecule has 2 saturated heterocycles. The van der Waals surface area contributed by atoms with Crippen LogP contribution in [0.15, 0.2) is 12.1 Å². The highest BCUT2D eigenvalue weighted by atomic mass is 32.1. The molecule has 0 amide bonds. The van der Waals surface area contributed by atoms with Crippen LogP contribution < -0.4 is 5.32 Å². The molecule has 0 spiro atoms. The lowest BCUT2D eigenvalue weighted by Crippen LogP contribution is -2.42. The third-order valence-corrected chi connectivity index (χ3v) is 5.79. The molecule has 5 nitrogen and oxygen atoms in total. The lowest BCUT2D eigenvalue weighted by Gasteiger charge is -2.36. The van der Waals surface area contributed by atoms with Crippen LogP contribution in [0.3, 0.4) is 0 Å². The van der Waals surface area contributed by atoms with Crippen LogP contribution >= 0.6 is 11.3 Å². The largest absolute Gasteiger partial charge is 0.324 e. The number of nitrogens with one attached hydrogen (secondary N) is 1. The van der Waals surface area contributed by atoms with Gasteiger partial charge in [-0.2, -0.15) is 0 Å². The van der Waals surface area contributed by atoms with Crippen LogP contribution in [0, 0.1) is 16.0 Å². The summed E-state index contributed by atoms with van der Waals surface area (Å²) in [6.07, 6.45) is 5.30. The van der Waals surface area contributed by atoms with Crippen molar-refractivity contribution in [2.24, 2.45) is 5.92 Å². The van der Waals surface area contributed by atoms with Crippen LogP contribution in [0.1, 0.15) is 30.6 Å². The highest BCUT2D eigenvalue weighted by molar-refractivity contribution is 7.15. The van der Waals surface area contributed by atoms with Crippen molar-refractivity contribution < 1.29 is 4.92 Å². The van der Waals surface area contributed by atoms with Gasteiger partial charge in [-0.3, -0.25) is 10.1 Å². The number of piperidine rings is 1. The molecule has 1 aromatic rings. The zero-order valence-electron chi connectivity index (χ0n) is 11.7. The summed E-state index contributed by atoms with van der Waals surface area (Å²) in [7, 11) is 2.26. The number of nitrogens with zero attached hydrogens (tertiary/aromatic N) is 2. The van der Waals surface area contributed by atoms with Crippen LogP contribution in [-0.2, 0) is 6.54 Å². The van der Waals surface area contributed by atoms with Crippen molar-refractivity contribution in [2.75, 3.05) is 13.6 Å². The van der Waals surface area contributed by atoms with E-state index in [1.54, 1.807) is 6.07 Å². The van der Waals surface area contributed by atoms with E-state index in [-0.39, 0.29) is 9.92 Å². The number of rotatable bonds is 5. The highest BCUT2D eigenvalue weighted by Crippen LogP contribution is 2.37. The molecule has 0 saturated carbocycles. The summed E-state index contributed by atoms with van der Waals surface area (Å²) in [5.41, 5.74) is 0. The maximum absolute atomic E-state index is 10.6. The quantitative estimate of drug-likeness (QED) is 0.670. The molecule has 2 fully saturated rings. The summed E-state index contributed by atoms with van der Waals surface area (Å²) in [5, 5.41) is 14.3. The smallest absolute Gasteiger partial charge is 0.312 e. The lowest BCUT2D eigenvalue weighted by atomic mass is 9.91. The van der Waals surface area contributed by atoms with E-state index in [2.05, 4.69) is 17.3 Å². The van der Waals surface area contributed by atoms with Gasteiger partial charge in [0.1, 0.15) is 0 Å². The molecule has 2 aliphatic rings. The minimum Gasteiger partial charge on any atom is -0.312 e. The number of hydrogen-bond donors (Lipinski definition) is 1. The summed E-state index contributed by atoms with van der Waals surface area (Å²) in [6, 6.07) is 5.01. The lowest BCUT2D eigenvalue weighted by molar-refractivity contribution is -0.380. The molecule has 3 rings (SSSR count). The van der Waals surface area contributed by atoms with Crippen LogP contribution in [0.5, 0.6) is 0 Å². The molecule has 110 valence electrons. The fourth-order valence-electron chi connectivity index (χ4n) is 3.65. The van der Waals surface area contributed by atoms with Gasteiger partial charge in [0.2, 0.25) is 0 Å². The average Bonchev–Trinajstić information content (AvgIpc) is 2.93. The summed E-state index contributed by atoms with van der Waals surface area (Å²) in [6.45, 7) is 1.78. The number of fused-ring (bicyclic) bond motifs is 2. The predicted molar refractivity (Wildman–Crippen MR) is 80.0 cm³/mol. The van der Waals surface area contributed by atoms with Crippen LogP contribution in [-0.4, -0.2) is 35.5 Å². The van der Waals surface area contributed by atoms with E-state index in [1.165, 1.54) is 37.0 Å². The normalized spacial score (nSPS) is 29.8. The van der Waals surface area contributed by atoms with Gasteiger partial charge < -0.3 is 10.2 Å². The Morgan fingerprint density at radius 3 is 2.70 bits per heavy atom. The molecule has 20 heavy (non-hydrogen) atoms. The van der Waals surface area contributed by atoms with Gasteiger partial charge in [-0.15, -0.1) is 0 Å². The van der Waals surface area contributed by atoms with Crippen molar-refractivity contribution >= 4 is 16.3 Å². The van der Waals surface area contributed by atoms with E-state index in [4.69, 9.17) is 0 Å². The zero-order chi connectivity index (χ0) is 14.1. The molecule has 1 aromatic heterocycles. The Balaban J connectivity index is 1.45. The SMILES string of the molecule is CN1C2CCC1CC(CNCc1ccc([N+](=O)[O-])s1)C2. The van der Waals surface area contributed by atoms with E-state index in [9.17, 15) is 10.1 Å². The second kappa shape index (κ2) is 5.79. The van der Waals surface area contributed by atoms with E-state index in [0.29, 0.717) is 0 Å². The molecule has 2 bridgehead atoms. The third-order valence-electron chi connectivity index (χ3n) is 4.76. The molecule has 0 aliphatic carbocycles. The first-order valence-corrected chi connectivity index (χ1v) is 8.11. The summed E-state index contributed by atoms with van der Waals surface area (Å²) >= 11 is 1.27. The number of hydrogen-bond acceptors (Lipinski definition) is 5. The topological polar surface area (TPSA) is 58.4 Å². The Bertz CT molecular complexity index is 477. The Hall–Kier alpha value is -0.980. The van der Waals surface area contributed by atoms with Crippen molar-refractivity contribution in [3.8, 4) is 0 Å². The predicted octanol–water partition coefficient (Wildman–Crippen LogP) is 2.62. The maximum atomic E-state index is 10.6. The Kier molecular flexibility index (Phi) is 4.05. The van der Waals surface area contributed by atoms with Crippen molar-refractivity contribution in [3.05, 3.63) is 27.1 Å². The van der Waals surface area contributed by atoms with Gasteiger partial charge in [-0.1, -0.05) is 11.3 Å². The first-order chi connectivity index (χ1) is 9.63. The molecule has 1 N–H and O–H groups in total. The molecule has 2 unspecified atom stereocenters. The third kappa shape index (κ3) is 2.87. The van der Waals surface area contributed by atoms with Crippen LogP contribution in [0.4, 0.5) is 5.00 Å². The molecule has 0 radical (unpaired) electrons. The second-order valence-electron chi connectivity index (χ2n) is 6.02. The van der Waals surface area contributed by atoms with Crippen molar-refractivity contribution in [1.29, 1.82) is 0 Å². The summed E-state index contributed by atoms with van der Waals surface area (Å²) < 4.78 is 0. The van der Waals surface area contributed by atoms with E-state index < -0.39 is 0 Å². The van der Waals surface area contributed by atoms with E-state index in [1.807, 2.05) is 6.07 Å².